The van der Waals surface area contributed by atoms with Crippen molar-refractivity contribution < 1.29 is 13.5 Å². The van der Waals surface area contributed by atoms with Crippen molar-refractivity contribution in [1.82, 2.24) is 5.32 Å². The molecule has 1 aliphatic heterocycles. The lowest BCUT2D eigenvalue weighted by molar-refractivity contribution is 0.0991. The van der Waals surface area contributed by atoms with Crippen LogP contribution in [0, 0.1) is 18.6 Å². The molecular weight excluding hydrogens is 272 g/mol. The summed E-state index contributed by atoms with van der Waals surface area (Å²) < 4.78 is 33.2. The Bertz CT molecular complexity index is 470. The van der Waals surface area contributed by atoms with Crippen LogP contribution in [0.15, 0.2) is 12.1 Å². The standard InChI is InChI=1S/C17H25F2NO/c1-11(2)20-17(7-6-13-5-4-8-21-13)14-9-12(3)15(18)10-16(14)19/h9-11,13,17,20H,4-8H2,1-3H3. The highest BCUT2D eigenvalue weighted by Crippen LogP contribution is 2.27. The van der Waals surface area contributed by atoms with Crippen LogP contribution in [0.5, 0.6) is 0 Å². The van der Waals surface area contributed by atoms with Crippen LogP contribution in [0.4, 0.5) is 8.78 Å². The van der Waals surface area contributed by atoms with E-state index in [2.05, 4.69) is 5.32 Å². The molecule has 1 aromatic carbocycles. The Labute approximate surface area is 125 Å². The van der Waals surface area contributed by atoms with Gasteiger partial charge in [-0.3, -0.25) is 0 Å². The molecule has 1 aromatic rings. The van der Waals surface area contributed by atoms with Crippen LogP contribution in [-0.4, -0.2) is 18.8 Å². The van der Waals surface area contributed by atoms with E-state index < -0.39 is 11.6 Å². The highest BCUT2D eigenvalue weighted by atomic mass is 19.1. The summed E-state index contributed by atoms with van der Waals surface area (Å²) in [7, 11) is 0. The fourth-order valence-corrected chi connectivity index (χ4v) is 2.90. The Kier molecular flexibility index (Phi) is 5.71. The van der Waals surface area contributed by atoms with Crippen molar-refractivity contribution >= 4 is 0 Å². The van der Waals surface area contributed by atoms with Crippen molar-refractivity contribution in [2.24, 2.45) is 0 Å². The second-order valence-electron chi connectivity index (χ2n) is 6.21. The van der Waals surface area contributed by atoms with Crippen LogP contribution in [0.3, 0.4) is 0 Å². The SMILES string of the molecule is Cc1cc(C(CCC2CCCO2)NC(C)C)c(F)cc1F. The van der Waals surface area contributed by atoms with Crippen molar-refractivity contribution in [3.8, 4) is 0 Å². The largest absolute Gasteiger partial charge is 0.378 e. The van der Waals surface area contributed by atoms with Gasteiger partial charge < -0.3 is 10.1 Å². The van der Waals surface area contributed by atoms with Gasteiger partial charge in [0, 0.05) is 30.3 Å². The molecule has 4 heteroatoms. The van der Waals surface area contributed by atoms with Crippen LogP contribution in [0.2, 0.25) is 0 Å². The first-order chi connectivity index (χ1) is 9.97. The molecular formula is C17H25F2NO. The molecule has 1 saturated heterocycles. The summed E-state index contributed by atoms with van der Waals surface area (Å²) in [5, 5.41) is 3.39. The van der Waals surface area contributed by atoms with Crippen molar-refractivity contribution in [3.05, 3.63) is 34.9 Å². The average molecular weight is 297 g/mol. The van der Waals surface area contributed by atoms with Gasteiger partial charge in [-0.15, -0.1) is 0 Å². The van der Waals surface area contributed by atoms with Gasteiger partial charge in [-0.2, -0.15) is 0 Å². The van der Waals surface area contributed by atoms with E-state index in [4.69, 9.17) is 4.74 Å². The number of hydrogen-bond acceptors (Lipinski definition) is 2. The molecule has 0 amide bonds. The van der Waals surface area contributed by atoms with E-state index in [-0.39, 0.29) is 18.2 Å². The lowest BCUT2D eigenvalue weighted by Crippen LogP contribution is -2.29. The molecule has 1 fully saturated rings. The normalized spacial score (nSPS) is 20.2. The zero-order chi connectivity index (χ0) is 15.4. The molecule has 0 spiro atoms. The summed E-state index contributed by atoms with van der Waals surface area (Å²) in [6, 6.07) is 2.75. The zero-order valence-corrected chi connectivity index (χ0v) is 13.1. The van der Waals surface area contributed by atoms with Gasteiger partial charge in [0.15, 0.2) is 0 Å². The van der Waals surface area contributed by atoms with E-state index in [1.165, 1.54) is 0 Å². The first-order valence-electron chi connectivity index (χ1n) is 7.80. The molecule has 1 N–H and O–H groups in total. The molecule has 21 heavy (non-hydrogen) atoms. The lowest BCUT2D eigenvalue weighted by Gasteiger charge is -2.24. The maximum atomic E-state index is 14.1. The highest BCUT2D eigenvalue weighted by molar-refractivity contribution is 5.28. The van der Waals surface area contributed by atoms with Crippen molar-refractivity contribution in [3.63, 3.8) is 0 Å². The van der Waals surface area contributed by atoms with E-state index in [1.54, 1.807) is 13.0 Å². The fourth-order valence-electron chi connectivity index (χ4n) is 2.90. The fraction of sp³-hybridized carbons (Fsp3) is 0.647. The third-order valence-electron chi connectivity index (χ3n) is 3.99. The van der Waals surface area contributed by atoms with Crippen LogP contribution < -0.4 is 5.32 Å². The molecule has 2 atom stereocenters. The molecule has 0 bridgehead atoms. The van der Waals surface area contributed by atoms with Gasteiger partial charge in [0.2, 0.25) is 0 Å². The van der Waals surface area contributed by atoms with Gasteiger partial charge in [0.05, 0.1) is 6.10 Å². The van der Waals surface area contributed by atoms with E-state index in [9.17, 15) is 8.78 Å². The summed E-state index contributed by atoms with van der Waals surface area (Å²) >= 11 is 0. The number of halogens is 2. The van der Waals surface area contributed by atoms with Gasteiger partial charge in [-0.05, 0) is 44.2 Å². The number of benzene rings is 1. The van der Waals surface area contributed by atoms with Gasteiger partial charge in [0.1, 0.15) is 11.6 Å². The smallest absolute Gasteiger partial charge is 0.130 e. The Hall–Kier alpha value is -1.00. The number of aryl methyl sites for hydroxylation is 1. The Morgan fingerprint density at radius 2 is 2.05 bits per heavy atom. The number of ether oxygens (including phenoxy) is 1. The van der Waals surface area contributed by atoms with Gasteiger partial charge in [0.25, 0.3) is 0 Å². The summed E-state index contributed by atoms with van der Waals surface area (Å²) in [5.41, 5.74) is 1.04. The minimum absolute atomic E-state index is 0.103. The molecule has 0 aromatic heterocycles. The highest BCUT2D eigenvalue weighted by Gasteiger charge is 2.22. The van der Waals surface area contributed by atoms with E-state index in [0.717, 1.165) is 38.4 Å². The van der Waals surface area contributed by atoms with Crippen molar-refractivity contribution in [1.29, 1.82) is 0 Å². The number of hydrogen-bond donors (Lipinski definition) is 1. The van der Waals surface area contributed by atoms with Crippen molar-refractivity contribution in [2.45, 2.75) is 64.6 Å². The molecule has 0 radical (unpaired) electrons. The third-order valence-corrected chi connectivity index (χ3v) is 3.99. The predicted octanol–water partition coefficient (Wildman–Crippen LogP) is 4.27. The van der Waals surface area contributed by atoms with E-state index in [1.807, 2.05) is 13.8 Å². The zero-order valence-electron chi connectivity index (χ0n) is 13.1. The Balaban J connectivity index is 2.12. The number of nitrogens with one attached hydrogen (secondary N) is 1. The monoisotopic (exact) mass is 297 g/mol. The first-order valence-corrected chi connectivity index (χ1v) is 7.80. The molecule has 118 valence electrons. The molecule has 1 heterocycles. The maximum Gasteiger partial charge on any atom is 0.130 e. The van der Waals surface area contributed by atoms with Gasteiger partial charge >= 0.3 is 0 Å². The lowest BCUT2D eigenvalue weighted by atomic mass is 9.96. The molecule has 2 nitrogen and oxygen atoms in total. The maximum absolute atomic E-state index is 14.1. The van der Waals surface area contributed by atoms with Crippen LogP contribution >= 0.6 is 0 Å². The Morgan fingerprint density at radius 1 is 1.29 bits per heavy atom. The molecule has 1 aliphatic rings. The minimum Gasteiger partial charge on any atom is -0.378 e. The molecule has 0 aliphatic carbocycles. The van der Waals surface area contributed by atoms with Crippen LogP contribution in [0.25, 0.3) is 0 Å². The van der Waals surface area contributed by atoms with Gasteiger partial charge in [-0.25, -0.2) is 8.78 Å². The van der Waals surface area contributed by atoms with Gasteiger partial charge in [-0.1, -0.05) is 13.8 Å². The summed E-state index contributed by atoms with van der Waals surface area (Å²) in [6.45, 7) is 6.57. The predicted molar refractivity (Wildman–Crippen MR) is 80.3 cm³/mol. The molecule has 0 saturated carbocycles. The van der Waals surface area contributed by atoms with E-state index >= 15 is 0 Å². The summed E-state index contributed by atoms with van der Waals surface area (Å²) in [5.74, 6) is -0.956. The quantitative estimate of drug-likeness (QED) is 0.846. The van der Waals surface area contributed by atoms with E-state index in [0.29, 0.717) is 11.1 Å². The third kappa shape index (κ3) is 4.48. The summed E-state index contributed by atoms with van der Waals surface area (Å²) in [6.07, 6.45) is 4.17. The Morgan fingerprint density at radius 3 is 2.67 bits per heavy atom. The molecule has 2 unspecified atom stereocenters. The molecule has 2 rings (SSSR count). The van der Waals surface area contributed by atoms with Crippen LogP contribution in [-0.2, 0) is 4.74 Å². The topological polar surface area (TPSA) is 21.3 Å². The number of rotatable bonds is 6. The summed E-state index contributed by atoms with van der Waals surface area (Å²) in [4.78, 5) is 0. The van der Waals surface area contributed by atoms with Crippen molar-refractivity contribution in [2.75, 3.05) is 6.61 Å². The first kappa shape index (κ1) is 16.4. The second-order valence-corrected chi connectivity index (χ2v) is 6.21. The minimum atomic E-state index is -0.487. The average Bonchev–Trinajstić information content (AvgIpc) is 2.92. The van der Waals surface area contributed by atoms with Crippen LogP contribution in [0.1, 0.15) is 56.7 Å². The second kappa shape index (κ2) is 7.32.